The highest BCUT2D eigenvalue weighted by Gasteiger charge is 2.16. The van der Waals surface area contributed by atoms with Crippen molar-refractivity contribution >= 4 is 0 Å². The number of aryl methyl sites for hydroxylation is 1. The number of ether oxygens (including phenoxy) is 1. The van der Waals surface area contributed by atoms with E-state index in [0.717, 1.165) is 24.3 Å². The zero-order chi connectivity index (χ0) is 24.6. The lowest BCUT2D eigenvalue weighted by atomic mass is 9.98. The van der Waals surface area contributed by atoms with Crippen molar-refractivity contribution in [1.82, 2.24) is 0 Å². The van der Waals surface area contributed by atoms with Gasteiger partial charge < -0.3 is 4.74 Å². The Hall–Kier alpha value is -3.81. The van der Waals surface area contributed by atoms with Gasteiger partial charge in [0.25, 0.3) is 0 Å². The molecule has 174 valence electrons. The van der Waals surface area contributed by atoms with Crippen LogP contribution < -0.4 is 4.74 Å². The van der Waals surface area contributed by atoms with Crippen molar-refractivity contribution in [3.05, 3.63) is 113 Å². The molecule has 0 radical (unpaired) electrons. The molecule has 0 saturated heterocycles. The Balaban J connectivity index is 1.57. The summed E-state index contributed by atoms with van der Waals surface area (Å²) in [5.74, 6) is -8.60. The van der Waals surface area contributed by atoms with Gasteiger partial charge in [-0.2, -0.15) is 0 Å². The molecular weight excluding hydrogens is 461 g/mol. The van der Waals surface area contributed by atoms with Crippen LogP contribution in [-0.2, 0) is 6.61 Å². The third-order valence-electron chi connectivity index (χ3n) is 5.13. The van der Waals surface area contributed by atoms with Gasteiger partial charge in [-0.1, -0.05) is 24.3 Å². The van der Waals surface area contributed by atoms with E-state index in [1.807, 2.05) is 0 Å². The van der Waals surface area contributed by atoms with Gasteiger partial charge in [-0.25, -0.2) is 30.7 Å². The Labute approximate surface area is 190 Å². The van der Waals surface area contributed by atoms with Gasteiger partial charge >= 0.3 is 0 Å². The molecule has 0 aliphatic rings. The molecule has 0 aromatic heterocycles. The summed E-state index contributed by atoms with van der Waals surface area (Å²) in [6.07, 6.45) is 0. The van der Waals surface area contributed by atoms with E-state index in [2.05, 4.69) is 0 Å². The number of rotatable bonds is 5. The van der Waals surface area contributed by atoms with Gasteiger partial charge in [0.15, 0.2) is 34.8 Å². The first-order chi connectivity index (χ1) is 16.1. The first-order valence-corrected chi connectivity index (χ1v) is 9.95. The minimum Gasteiger partial charge on any atom is -0.483 e. The normalized spacial score (nSPS) is 11.1. The molecule has 0 N–H and O–H groups in total. The summed E-state index contributed by atoms with van der Waals surface area (Å²) >= 11 is 0. The lowest BCUT2D eigenvalue weighted by molar-refractivity contribution is 0.273. The summed E-state index contributed by atoms with van der Waals surface area (Å²) in [6.45, 7) is 1.21. The number of benzene rings is 4. The second-order valence-corrected chi connectivity index (χ2v) is 7.61. The number of hydrogen-bond acceptors (Lipinski definition) is 1. The molecule has 0 spiro atoms. The SMILES string of the molecule is Cc1cc(F)c(OCc2ccc(-c3ccc(-c4cc(F)c(F)c(F)c4)c(F)c3)c(F)c2)c(F)c1. The summed E-state index contributed by atoms with van der Waals surface area (Å²) in [7, 11) is 0. The van der Waals surface area contributed by atoms with Gasteiger partial charge in [0.05, 0.1) is 0 Å². The molecule has 4 aromatic rings. The van der Waals surface area contributed by atoms with Gasteiger partial charge in [0.1, 0.15) is 18.2 Å². The molecule has 8 heteroatoms. The van der Waals surface area contributed by atoms with Crippen LogP contribution in [0, 0.1) is 47.6 Å². The Bertz CT molecular complexity index is 1350. The van der Waals surface area contributed by atoms with Gasteiger partial charge in [-0.05, 0) is 65.6 Å². The van der Waals surface area contributed by atoms with E-state index in [4.69, 9.17) is 4.74 Å². The molecule has 4 rings (SSSR count). The van der Waals surface area contributed by atoms with E-state index in [0.29, 0.717) is 17.7 Å². The van der Waals surface area contributed by atoms with Crippen molar-refractivity contribution in [2.45, 2.75) is 13.5 Å². The Kier molecular flexibility index (Phi) is 6.32. The maximum atomic E-state index is 14.7. The van der Waals surface area contributed by atoms with Crippen molar-refractivity contribution in [3.8, 4) is 28.0 Å². The largest absolute Gasteiger partial charge is 0.483 e. The summed E-state index contributed by atoms with van der Waals surface area (Å²) in [4.78, 5) is 0. The summed E-state index contributed by atoms with van der Waals surface area (Å²) in [5, 5.41) is 0. The molecule has 1 nitrogen and oxygen atoms in total. The number of halogens is 7. The molecular formula is C26H15F7O. The standard InChI is InChI=1S/C26H15F7O/c1-13-6-23(31)26(24(32)7-13)34-12-14-2-4-17(19(27)8-14)15-3-5-18(20(28)9-15)16-10-21(29)25(33)22(30)11-16/h2-11H,12H2,1H3. The van der Waals surface area contributed by atoms with Crippen LogP contribution in [0.2, 0.25) is 0 Å². The van der Waals surface area contributed by atoms with Crippen molar-refractivity contribution < 1.29 is 35.5 Å². The van der Waals surface area contributed by atoms with E-state index >= 15 is 0 Å². The van der Waals surface area contributed by atoms with Crippen LogP contribution in [0.25, 0.3) is 22.3 Å². The summed E-state index contributed by atoms with van der Waals surface area (Å²) in [5.41, 5.74) is 0.377. The number of hydrogen-bond donors (Lipinski definition) is 0. The fourth-order valence-corrected chi connectivity index (χ4v) is 3.49. The second-order valence-electron chi connectivity index (χ2n) is 7.61. The summed E-state index contributed by atoms with van der Waals surface area (Å²) in [6, 6.07) is 10.9. The molecule has 0 aliphatic carbocycles. The van der Waals surface area contributed by atoms with E-state index in [-0.39, 0.29) is 34.4 Å². The maximum Gasteiger partial charge on any atom is 0.194 e. The monoisotopic (exact) mass is 476 g/mol. The van der Waals surface area contributed by atoms with Crippen LogP contribution in [0.1, 0.15) is 11.1 Å². The Morgan fingerprint density at radius 2 is 1.09 bits per heavy atom. The third kappa shape index (κ3) is 4.62. The molecule has 0 amide bonds. The predicted octanol–water partition coefficient (Wildman–Crippen LogP) is 7.88. The maximum absolute atomic E-state index is 14.7. The third-order valence-corrected chi connectivity index (χ3v) is 5.13. The molecule has 0 bridgehead atoms. The van der Waals surface area contributed by atoms with Crippen LogP contribution >= 0.6 is 0 Å². The fourth-order valence-electron chi connectivity index (χ4n) is 3.49. The van der Waals surface area contributed by atoms with Crippen LogP contribution in [0.4, 0.5) is 30.7 Å². The zero-order valence-electron chi connectivity index (χ0n) is 17.5. The minimum absolute atomic E-state index is 0.0124. The molecule has 0 unspecified atom stereocenters. The van der Waals surface area contributed by atoms with E-state index < -0.39 is 46.5 Å². The predicted molar refractivity (Wildman–Crippen MR) is 113 cm³/mol. The highest BCUT2D eigenvalue weighted by Crippen LogP contribution is 2.31. The topological polar surface area (TPSA) is 9.23 Å². The summed E-state index contributed by atoms with van der Waals surface area (Å²) < 4.78 is 102. The molecule has 0 aliphatic heterocycles. The first-order valence-electron chi connectivity index (χ1n) is 9.95. The quantitative estimate of drug-likeness (QED) is 0.210. The highest BCUT2D eigenvalue weighted by molar-refractivity contribution is 5.71. The van der Waals surface area contributed by atoms with Gasteiger partial charge in [0.2, 0.25) is 0 Å². The van der Waals surface area contributed by atoms with E-state index in [1.54, 1.807) is 0 Å². The molecule has 4 aromatic carbocycles. The zero-order valence-corrected chi connectivity index (χ0v) is 17.5. The Morgan fingerprint density at radius 1 is 0.559 bits per heavy atom. The average Bonchev–Trinajstić information content (AvgIpc) is 2.76. The molecule has 34 heavy (non-hydrogen) atoms. The van der Waals surface area contributed by atoms with Crippen molar-refractivity contribution in [2.75, 3.05) is 0 Å². The molecule has 0 heterocycles. The van der Waals surface area contributed by atoms with E-state index in [9.17, 15) is 30.7 Å². The fraction of sp³-hybridized carbons (Fsp3) is 0.0769. The van der Waals surface area contributed by atoms with Crippen molar-refractivity contribution in [2.24, 2.45) is 0 Å². The Morgan fingerprint density at radius 3 is 1.68 bits per heavy atom. The smallest absolute Gasteiger partial charge is 0.194 e. The minimum atomic E-state index is -1.67. The second kappa shape index (κ2) is 9.21. The van der Waals surface area contributed by atoms with Gasteiger partial charge in [-0.15, -0.1) is 0 Å². The lowest BCUT2D eigenvalue weighted by Crippen LogP contribution is -2.01. The first kappa shape index (κ1) is 23.4. The van der Waals surface area contributed by atoms with Gasteiger partial charge in [0, 0.05) is 11.1 Å². The molecule has 0 atom stereocenters. The highest BCUT2D eigenvalue weighted by atomic mass is 19.2. The van der Waals surface area contributed by atoms with Crippen LogP contribution in [0.15, 0.2) is 60.7 Å². The van der Waals surface area contributed by atoms with Crippen LogP contribution in [0.5, 0.6) is 5.75 Å². The van der Waals surface area contributed by atoms with Crippen LogP contribution in [-0.4, -0.2) is 0 Å². The molecule has 0 fully saturated rings. The average molecular weight is 476 g/mol. The van der Waals surface area contributed by atoms with E-state index in [1.165, 1.54) is 31.2 Å². The van der Waals surface area contributed by atoms with Crippen molar-refractivity contribution in [3.63, 3.8) is 0 Å². The lowest BCUT2D eigenvalue weighted by Gasteiger charge is -2.11. The van der Waals surface area contributed by atoms with Crippen LogP contribution in [0.3, 0.4) is 0 Å². The van der Waals surface area contributed by atoms with Gasteiger partial charge in [-0.3, -0.25) is 0 Å². The van der Waals surface area contributed by atoms with Crippen molar-refractivity contribution in [1.29, 1.82) is 0 Å². The molecule has 0 saturated carbocycles.